The lowest BCUT2D eigenvalue weighted by Gasteiger charge is -2.36. The van der Waals surface area contributed by atoms with Gasteiger partial charge >= 0.3 is 5.97 Å². The standard InChI is InChI=1S/C16H25N3O2/c1-18(2)11-12-7-9-19(10-8-12)15-13(16(20)21-3)5-4-6-14(15)17/h4-6,12H,7-11,17H2,1-3H3. The zero-order valence-electron chi connectivity index (χ0n) is 13.1. The number of nitrogens with two attached hydrogens (primary N) is 1. The topological polar surface area (TPSA) is 58.8 Å². The number of carbonyl (C=O) groups excluding carboxylic acids is 1. The molecule has 5 nitrogen and oxygen atoms in total. The zero-order valence-corrected chi connectivity index (χ0v) is 13.1. The summed E-state index contributed by atoms with van der Waals surface area (Å²) in [5.74, 6) is 0.385. The van der Waals surface area contributed by atoms with Crippen LogP contribution in [0.4, 0.5) is 11.4 Å². The van der Waals surface area contributed by atoms with Crippen LogP contribution in [0.2, 0.25) is 0 Å². The maximum Gasteiger partial charge on any atom is 0.340 e. The summed E-state index contributed by atoms with van der Waals surface area (Å²) in [5.41, 5.74) is 8.13. The van der Waals surface area contributed by atoms with E-state index in [-0.39, 0.29) is 5.97 Å². The molecular formula is C16H25N3O2. The van der Waals surface area contributed by atoms with E-state index in [4.69, 9.17) is 10.5 Å². The van der Waals surface area contributed by atoms with Crippen LogP contribution in [-0.4, -0.2) is 51.7 Å². The maximum atomic E-state index is 11.9. The monoisotopic (exact) mass is 291 g/mol. The predicted molar refractivity (Wildman–Crippen MR) is 85.7 cm³/mol. The van der Waals surface area contributed by atoms with Gasteiger partial charge in [-0.2, -0.15) is 0 Å². The largest absolute Gasteiger partial charge is 0.465 e. The van der Waals surface area contributed by atoms with E-state index in [1.165, 1.54) is 7.11 Å². The minimum absolute atomic E-state index is 0.326. The van der Waals surface area contributed by atoms with Gasteiger partial charge in [0.15, 0.2) is 0 Å². The minimum atomic E-state index is -0.326. The highest BCUT2D eigenvalue weighted by Gasteiger charge is 2.25. The van der Waals surface area contributed by atoms with E-state index >= 15 is 0 Å². The van der Waals surface area contributed by atoms with E-state index in [0.717, 1.165) is 38.2 Å². The van der Waals surface area contributed by atoms with Crippen molar-refractivity contribution in [1.29, 1.82) is 0 Å². The van der Waals surface area contributed by atoms with Crippen molar-refractivity contribution in [2.75, 3.05) is 51.5 Å². The Kier molecular flexibility index (Phi) is 5.07. The molecule has 0 bridgehead atoms. The zero-order chi connectivity index (χ0) is 15.4. The second-order valence-corrected chi connectivity index (χ2v) is 5.93. The highest BCUT2D eigenvalue weighted by Crippen LogP contribution is 2.32. The van der Waals surface area contributed by atoms with Gasteiger partial charge in [-0.3, -0.25) is 0 Å². The van der Waals surface area contributed by atoms with Gasteiger partial charge in [-0.25, -0.2) is 4.79 Å². The number of nitrogens with zero attached hydrogens (tertiary/aromatic N) is 2. The van der Waals surface area contributed by atoms with E-state index in [2.05, 4.69) is 23.9 Å². The highest BCUT2D eigenvalue weighted by atomic mass is 16.5. The Morgan fingerprint density at radius 3 is 2.62 bits per heavy atom. The summed E-state index contributed by atoms with van der Waals surface area (Å²) in [5, 5.41) is 0. The van der Waals surface area contributed by atoms with Crippen LogP contribution in [0.1, 0.15) is 23.2 Å². The van der Waals surface area contributed by atoms with Gasteiger partial charge in [-0.15, -0.1) is 0 Å². The number of hydrogen-bond donors (Lipinski definition) is 1. The van der Waals surface area contributed by atoms with Crippen LogP contribution < -0.4 is 10.6 Å². The molecule has 0 aliphatic carbocycles. The van der Waals surface area contributed by atoms with Gasteiger partial charge in [0.25, 0.3) is 0 Å². The lowest BCUT2D eigenvalue weighted by atomic mass is 9.95. The molecule has 0 saturated carbocycles. The third-order valence-electron chi connectivity index (χ3n) is 4.03. The molecule has 2 rings (SSSR count). The molecule has 1 fully saturated rings. The van der Waals surface area contributed by atoms with Crippen molar-refractivity contribution in [2.45, 2.75) is 12.8 Å². The van der Waals surface area contributed by atoms with Gasteiger partial charge in [0.1, 0.15) is 0 Å². The summed E-state index contributed by atoms with van der Waals surface area (Å²) >= 11 is 0. The Morgan fingerprint density at radius 2 is 2.05 bits per heavy atom. The Morgan fingerprint density at radius 1 is 1.38 bits per heavy atom. The van der Waals surface area contributed by atoms with Gasteiger partial charge in [0.05, 0.1) is 24.0 Å². The molecule has 1 aromatic carbocycles. The van der Waals surface area contributed by atoms with E-state index in [0.29, 0.717) is 17.2 Å². The highest BCUT2D eigenvalue weighted by molar-refractivity contribution is 5.99. The van der Waals surface area contributed by atoms with E-state index in [9.17, 15) is 4.79 Å². The fourth-order valence-corrected chi connectivity index (χ4v) is 3.04. The SMILES string of the molecule is COC(=O)c1cccc(N)c1N1CCC(CN(C)C)CC1. The number of methoxy groups -OCH3 is 1. The molecule has 1 saturated heterocycles. The second-order valence-electron chi connectivity index (χ2n) is 5.93. The minimum Gasteiger partial charge on any atom is -0.465 e. The molecule has 0 amide bonds. The summed E-state index contributed by atoms with van der Waals surface area (Å²) in [6, 6.07) is 5.42. The van der Waals surface area contributed by atoms with Crippen molar-refractivity contribution in [3.63, 3.8) is 0 Å². The molecule has 1 aliphatic rings. The number of rotatable bonds is 4. The molecular weight excluding hydrogens is 266 g/mol. The van der Waals surface area contributed by atoms with Gasteiger partial charge < -0.3 is 20.3 Å². The molecule has 0 radical (unpaired) electrons. The van der Waals surface area contributed by atoms with Crippen LogP contribution in [0, 0.1) is 5.92 Å². The average Bonchev–Trinajstić information content (AvgIpc) is 2.46. The van der Waals surface area contributed by atoms with Gasteiger partial charge in [-0.1, -0.05) is 6.07 Å². The molecule has 1 aliphatic heterocycles. The average molecular weight is 291 g/mol. The van der Waals surface area contributed by atoms with Gasteiger partial charge in [0.2, 0.25) is 0 Å². The molecule has 0 spiro atoms. The van der Waals surface area contributed by atoms with E-state index < -0.39 is 0 Å². The van der Waals surface area contributed by atoms with Crippen molar-refractivity contribution >= 4 is 17.3 Å². The second kappa shape index (κ2) is 6.80. The first-order valence-corrected chi connectivity index (χ1v) is 7.39. The van der Waals surface area contributed by atoms with Crippen LogP contribution in [0.3, 0.4) is 0 Å². The molecule has 1 heterocycles. The van der Waals surface area contributed by atoms with Crippen LogP contribution >= 0.6 is 0 Å². The molecule has 1 aromatic rings. The number of piperidine rings is 1. The molecule has 0 unspecified atom stereocenters. The molecule has 0 atom stereocenters. The maximum absolute atomic E-state index is 11.9. The van der Waals surface area contributed by atoms with E-state index in [1.807, 2.05) is 6.07 Å². The Balaban J connectivity index is 2.15. The Hall–Kier alpha value is -1.75. The van der Waals surface area contributed by atoms with Crippen LogP contribution in [0.5, 0.6) is 0 Å². The molecule has 2 N–H and O–H groups in total. The lowest BCUT2D eigenvalue weighted by molar-refractivity contribution is 0.0601. The first kappa shape index (κ1) is 15.6. The lowest BCUT2D eigenvalue weighted by Crippen LogP contribution is -2.38. The predicted octanol–water partition coefficient (Wildman–Crippen LogP) is 1.83. The van der Waals surface area contributed by atoms with Crippen LogP contribution in [0.25, 0.3) is 0 Å². The molecule has 21 heavy (non-hydrogen) atoms. The van der Waals surface area contributed by atoms with Crippen molar-refractivity contribution < 1.29 is 9.53 Å². The number of nitrogen functional groups attached to an aromatic ring is 1. The number of benzene rings is 1. The number of hydrogen-bond acceptors (Lipinski definition) is 5. The fraction of sp³-hybridized carbons (Fsp3) is 0.562. The fourth-order valence-electron chi connectivity index (χ4n) is 3.04. The summed E-state index contributed by atoms with van der Waals surface area (Å²) in [4.78, 5) is 16.4. The summed E-state index contributed by atoms with van der Waals surface area (Å²) in [6.45, 7) is 2.97. The van der Waals surface area contributed by atoms with Gasteiger partial charge in [-0.05, 0) is 45.0 Å². The number of para-hydroxylation sites is 1. The van der Waals surface area contributed by atoms with Crippen LogP contribution in [-0.2, 0) is 4.74 Å². The van der Waals surface area contributed by atoms with Crippen molar-refractivity contribution in [3.05, 3.63) is 23.8 Å². The third kappa shape index (κ3) is 3.67. The summed E-state index contributed by atoms with van der Waals surface area (Å²) in [7, 11) is 5.62. The number of ether oxygens (including phenoxy) is 1. The van der Waals surface area contributed by atoms with Crippen molar-refractivity contribution in [1.82, 2.24) is 4.90 Å². The number of anilines is 2. The van der Waals surface area contributed by atoms with Crippen molar-refractivity contribution in [2.24, 2.45) is 5.92 Å². The molecule has 5 heteroatoms. The quantitative estimate of drug-likeness (QED) is 0.677. The molecule has 116 valence electrons. The first-order valence-electron chi connectivity index (χ1n) is 7.39. The smallest absolute Gasteiger partial charge is 0.340 e. The van der Waals surface area contributed by atoms with Crippen LogP contribution in [0.15, 0.2) is 18.2 Å². The Labute approximate surface area is 126 Å². The normalized spacial score (nSPS) is 16.3. The first-order chi connectivity index (χ1) is 10.0. The number of esters is 1. The van der Waals surface area contributed by atoms with E-state index in [1.54, 1.807) is 12.1 Å². The number of carbonyl (C=O) groups is 1. The Bertz CT molecular complexity index is 494. The summed E-state index contributed by atoms with van der Waals surface area (Å²) in [6.07, 6.45) is 2.24. The summed E-state index contributed by atoms with van der Waals surface area (Å²) < 4.78 is 4.87. The van der Waals surface area contributed by atoms with Crippen molar-refractivity contribution in [3.8, 4) is 0 Å². The van der Waals surface area contributed by atoms with Gasteiger partial charge in [0, 0.05) is 19.6 Å². The molecule has 0 aromatic heterocycles. The third-order valence-corrected chi connectivity index (χ3v) is 4.03.